The molecule has 4 amide bonds. The zero-order valence-corrected chi connectivity index (χ0v) is 31.5. The molecule has 2 aliphatic heterocycles. The van der Waals surface area contributed by atoms with Gasteiger partial charge in [-0.1, -0.05) is 31.1 Å². The topological polar surface area (TPSA) is 195 Å². The smallest absolute Gasteiger partial charge is 0.270 e. The second-order valence-electron chi connectivity index (χ2n) is 15.2. The lowest BCUT2D eigenvalue weighted by Gasteiger charge is -2.30. The van der Waals surface area contributed by atoms with E-state index in [0.717, 1.165) is 12.8 Å². The standard InChI is InChI=1S/C37H45FN8O7S/c1-21-17-28(45(4)43-21)31(47)40-27-13-9-7-5-6-8-11-23-19-37(23,35(50)44-54(51,52)36(3)15-16-36)42-32(48)29-18-24(20-46(29)34(27)49)53-33-22(2)39-26-14-10-12-25(38)30(26)41-33/h8,10-12,14,17,23-24,27,29H,5-7,9,13,15-16,18-20H2,1-4H3,(H,40,47)(H,42,48)(H,44,50)/b11-8-/t23-,24-,27+,29+,37-/m1/s1. The van der Waals surface area contributed by atoms with E-state index in [2.05, 4.69) is 30.4 Å². The van der Waals surface area contributed by atoms with Gasteiger partial charge in [0.15, 0.2) is 5.82 Å². The maximum Gasteiger partial charge on any atom is 0.270 e. The third-order valence-electron chi connectivity index (χ3n) is 11.1. The van der Waals surface area contributed by atoms with E-state index in [1.165, 1.54) is 21.7 Å². The molecule has 7 rings (SSSR count). The first-order valence-electron chi connectivity index (χ1n) is 18.4. The first-order valence-corrected chi connectivity index (χ1v) is 19.9. The van der Waals surface area contributed by atoms with E-state index in [4.69, 9.17) is 4.74 Å². The number of allylic oxidation sites excluding steroid dienone is 1. The summed E-state index contributed by atoms with van der Waals surface area (Å²) < 4.78 is 49.8. The molecule has 2 aliphatic carbocycles. The number of aryl methyl sites for hydroxylation is 3. The lowest BCUT2D eigenvalue weighted by Crippen LogP contribution is -2.58. The van der Waals surface area contributed by atoms with Gasteiger partial charge in [-0.3, -0.25) is 28.6 Å². The summed E-state index contributed by atoms with van der Waals surface area (Å²) in [5.41, 5.74) is 0.0525. The quantitative estimate of drug-likeness (QED) is 0.301. The molecule has 4 heterocycles. The van der Waals surface area contributed by atoms with Crippen LogP contribution >= 0.6 is 0 Å². The second kappa shape index (κ2) is 14.0. The molecule has 0 spiro atoms. The van der Waals surface area contributed by atoms with Crippen molar-refractivity contribution in [1.29, 1.82) is 0 Å². The molecule has 2 aromatic heterocycles. The third kappa shape index (κ3) is 7.17. The lowest BCUT2D eigenvalue weighted by molar-refractivity contribution is -0.141. The minimum absolute atomic E-state index is 0.00346. The number of amides is 4. The second-order valence-corrected chi connectivity index (χ2v) is 17.4. The van der Waals surface area contributed by atoms with Crippen LogP contribution in [0.25, 0.3) is 11.0 Å². The number of carbonyl (C=O) groups is 4. The van der Waals surface area contributed by atoms with Gasteiger partial charge in [0.25, 0.3) is 11.8 Å². The van der Waals surface area contributed by atoms with Crippen LogP contribution in [0.4, 0.5) is 4.39 Å². The predicted octanol–water partition coefficient (Wildman–Crippen LogP) is 2.66. The van der Waals surface area contributed by atoms with Crippen molar-refractivity contribution in [2.75, 3.05) is 6.54 Å². The summed E-state index contributed by atoms with van der Waals surface area (Å²) in [7, 11) is -2.38. The van der Waals surface area contributed by atoms with Crippen LogP contribution in [-0.4, -0.2) is 91.7 Å². The average Bonchev–Trinajstić information content (AvgIpc) is 3.94. The zero-order chi connectivity index (χ0) is 38.6. The fourth-order valence-electron chi connectivity index (χ4n) is 7.39. The van der Waals surface area contributed by atoms with Crippen molar-refractivity contribution in [2.45, 2.75) is 107 Å². The van der Waals surface area contributed by atoms with Crippen LogP contribution < -0.4 is 20.1 Å². The van der Waals surface area contributed by atoms with E-state index in [-0.39, 0.29) is 36.5 Å². The number of fused-ring (bicyclic) bond motifs is 3. The van der Waals surface area contributed by atoms with Gasteiger partial charge in [-0.15, -0.1) is 0 Å². The Bertz CT molecular complexity index is 2170. The number of halogens is 1. The molecular weight excluding hydrogens is 720 g/mol. The number of nitrogens with zero attached hydrogens (tertiary/aromatic N) is 5. The molecule has 2 saturated carbocycles. The highest BCUT2D eigenvalue weighted by Gasteiger charge is 2.63. The van der Waals surface area contributed by atoms with E-state index in [9.17, 15) is 32.0 Å². The summed E-state index contributed by atoms with van der Waals surface area (Å²) in [5, 5.41) is 9.98. The van der Waals surface area contributed by atoms with Crippen LogP contribution in [0.1, 0.15) is 86.6 Å². The van der Waals surface area contributed by atoms with Gasteiger partial charge in [-0.05, 0) is 77.5 Å². The molecule has 1 saturated heterocycles. The number of sulfonamides is 1. The molecule has 4 aliphatic rings. The van der Waals surface area contributed by atoms with Crippen LogP contribution in [0.5, 0.6) is 5.88 Å². The molecule has 54 heavy (non-hydrogen) atoms. The van der Waals surface area contributed by atoms with Crippen molar-refractivity contribution in [3.8, 4) is 5.88 Å². The van der Waals surface area contributed by atoms with Gasteiger partial charge >= 0.3 is 0 Å². The fraction of sp³-hybridized carbons (Fsp3) is 0.541. The molecule has 1 aromatic carbocycles. The van der Waals surface area contributed by atoms with Crippen molar-refractivity contribution in [2.24, 2.45) is 13.0 Å². The van der Waals surface area contributed by atoms with Crippen molar-refractivity contribution >= 4 is 44.7 Å². The van der Waals surface area contributed by atoms with Crippen LogP contribution in [0.2, 0.25) is 0 Å². The van der Waals surface area contributed by atoms with Gasteiger partial charge in [0, 0.05) is 19.4 Å². The predicted molar refractivity (Wildman–Crippen MR) is 194 cm³/mol. The van der Waals surface area contributed by atoms with E-state index in [0.29, 0.717) is 49.0 Å². The van der Waals surface area contributed by atoms with E-state index in [1.54, 1.807) is 40.0 Å². The third-order valence-corrected chi connectivity index (χ3v) is 13.2. The Labute approximate surface area is 312 Å². The van der Waals surface area contributed by atoms with Crippen LogP contribution in [-0.2, 0) is 31.5 Å². The van der Waals surface area contributed by atoms with Gasteiger partial charge in [0.05, 0.1) is 22.5 Å². The molecule has 5 atom stereocenters. The highest BCUT2D eigenvalue weighted by atomic mass is 32.2. The fourth-order valence-corrected chi connectivity index (χ4v) is 8.70. The lowest BCUT2D eigenvalue weighted by atomic mass is 10.0. The summed E-state index contributed by atoms with van der Waals surface area (Å²) in [6, 6.07) is 3.83. The SMILES string of the molecule is Cc1cc(C(=O)N[C@H]2CCCCC/C=C\[C@@H]3C[C@@]3(C(=O)NS(=O)(=O)C3(C)CC3)NC(=O)[C@@H]3C[C@@H](Oc4nc5c(F)cccc5nc4C)CN3C2=O)n(C)n1. The Hall–Kier alpha value is -4.93. The molecule has 3 fully saturated rings. The largest absolute Gasteiger partial charge is 0.471 e. The molecule has 15 nitrogen and oxygen atoms in total. The molecule has 0 radical (unpaired) electrons. The summed E-state index contributed by atoms with van der Waals surface area (Å²) in [6.07, 6.45) is 7.01. The highest BCUT2D eigenvalue weighted by Crippen LogP contribution is 2.47. The van der Waals surface area contributed by atoms with E-state index in [1.807, 2.05) is 12.2 Å². The van der Waals surface area contributed by atoms with E-state index >= 15 is 0 Å². The van der Waals surface area contributed by atoms with Crippen LogP contribution in [0, 0.1) is 25.6 Å². The molecule has 0 bridgehead atoms. The Balaban J connectivity index is 1.21. The first-order chi connectivity index (χ1) is 25.6. The Morgan fingerprint density at radius 3 is 2.61 bits per heavy atom. The van der Waals surface area contributed by atoms with Crippen LogP contribution in [0.3, 0.4) is 0 Å². The normalized spacial score (nSPS) is 27.5. The van der Waals surface area contributed by atoms with Gasteiger partial charge in [0.2, 0.25) is 27.7 Å². The van der Waals surface area contributed by atoms with Gasteiger partial charge in [-0.25, -0.2) is 22.8 Å². The average molecular weight is 765 g/mol. The molecule has 0 unspecified atom stereocenters. The van der Waals surface area contributed by atoms with Gasteiger partial charge < -0.3 is 20.3 Å². The number of nitrogens with one attached hydrogen (secondary N) is 3. The first kappa shape index (κ1) is 37.4. The summed E-state index contributed by atoms with van der Waals surface area (Å²) in [4.78, 5) is 66.4. The zero-order valence-electron chi connectivity index (χ0n) is 30.7. The number of aromatic nitrogens is 4. The van der Waals surface area contributed by atoms with Gasteiger partial charge in [0.1, 0.15) is 40.6 Å². The van der Waals surface area contributed by atoms with Crippen LogP contribution in [0.15, 0.2) is 36.4 Å². The summed E-state index contributed by atoms with van der Waals surface area (Å²) in [5.74, 6) is -3.55. The number of rotatable bonds is 7. The monoisotopic (exact) mass is 764 g/mol. The number of para-hydroxylation sites is 1. The minimum atomic E-state index is -4.01. The number of carbonyl (C=O) groups excluding carboxylic acids is 4. The maximum absolute atomic E-state index is 14.7. The number of hydrogen-bond donors (Lipinski definition) is 3. The summed E-state index contributed by atoms with van der Waals surface area (Å²) >= 11 is 0. The molecule has 288 valence electrons. The Kier molecular flexibility index (Phi) is 9.73. The van der Waals surface area contributed by atoms with Gasteiger partial charge in [-0.2, -0.15) is 5.10 Å². The summed E-state index contributed by atoms with van der Waals surface area (Å²) in [6.45, 7) is 4.88. The van der Waals surface area contributed by atoms with Crippen molar-refractivity contribution in [3.05, 3.63) is 59.3 Å². The number of benzene rings is 1. The van der Waals surface area contributed by atoms with Crippen molar-refractivity contribution in [3.63, 3.8) is 0 Å². The minimum Gasteiger partial charge on any atom is -0.471 e. The Morgan fingerprint density at radius 1 is 1.11 bits per heavy atom. The van der Waals surface area contributed by atoms with Crippen molar-refractivity contribution < 1.29 is 36.7 Å². The Morgan fingerprint density at radius 2 is 1.89 bits per heavy atom. The number of hydrogen-bond acceptors (Lipinski definition) is 10. The number of ether oxygens (including phenoxy) is 1. The van der Waals surface area contributed by atoms with Crippen molar-refractivity contribution in [1.82, 2.24) is 40.0 Å². The highest BCUT2D eigenvalue weighted by molar-refractivity contribution is 7.91. The van der Waals surface area contributed by atoms with E-state index < -0.39 is 73.9 Å². The molecule has 17 heteroatoms. The molecular formula is C37H45FN8O7S. The maximum atomic E-state index is 14.7. The molecule has 3 N–H and O–H groups in total. The molecule has 3 aromatic rings.